The largest absolute Gasteiger partial charge is 0.486 e. The SMILES string of the molecule is CNCc1cc(COc2cc(F)ccc2F)c(C)o1. The Hall–Kier alpha value is -1.88. The fourth-order valence-corrected chi connectivity index (χ4v) is 1.74. The summed E-state index contributed by atoms with van der Waals surface area (Å²) in [5.41, 5.74) is 0.814. The fraction of sp³-hybridized carbons (Fsp3) is 0.286. The van der Waals surface area contributed by atoms with Crippen molar-refractivity contribution >= 4 is 0 Å². The summed E-state index contributed by atoms with van der Waals surface area (Å²) >= 11 is 0. The molecule has 0 aliphatic rings. The molecule has 19 heavy (non-hydrogen) atoms. The number of hydrogen-bond donors (Lipinski definition) is 1. The quantitative estimate of drug-likeness (QED) is 0.903. The molecule has 3 nitrogen and oxygen atoms in total. The van der Waals surface area contributed by atoms with Crippen LogP contribution in [0.1, 0.15) is 17.1 Å². The van der Waals surface area contributed by atoms with Crippen molar-refractivity contribution < 1.29 is 17.9 Å². The van der Waals surface area contributed by atoms with E-state index in [9.17, 15) is 8.78 Å². The molecule has 2 rings (SSSR count). The van der Waals surface area contributed by atoms with E-state index >= 15 is 0 Å². The molecule has 0 unspecified atom stereocenters. The molecule has 0 bridgehead atoms. The first-order chi connectivity index (χ1) is 9.10. The monoisotopic (exact) mass is 267 g/mol. The first-order valence-electron chi connectivity index (χ1n) is 5.91. The maximum atomic E-state index is 13.4. The average Bonchev–Trinajstić information content (AvgIpc) is 2.71. The first kappa shape index (κ1) is 13.5. The predicted octanol–water partition coefficient (Wildman–Crippen LogP) is 3.16. The van der Waals surface area contributed by atoms with Crippen LogP contribution in [0, 0.1) is 18.6 Å². The molecule has 1 N–H and O–H groups in total. The van der Waals surface area contributed by atoms with Gasteiger partial charge in [-0.25, -0.2) is 8.78 Å². The highest BCUT2D eigenvalue weighted by atomic mass is 19.1. The molecule has 1 aromatic carbocycles. The molecule has 0 aliphatic heterocycles. The van der Waals surface area contributed by atoms with Crippen LogP contribution in [0.3, 0.4) is 0 Å². The third kappa shape index (κ3) is 3.32. The van der Waals surface area contributed by atoms with Crippen LogP contribution < -0.4 is 10.1 Å². The number of benzene rings is 1. The third-order valence-electron chi connectivity index (χ3n) is 2.70. The van der Waals surface area contributed by atoms with Gasteiger partial charge in [0.25, 0.3) is 0 Å². The van der Waals surface area contributed by atoms with E-state index in [0.717, 1.165) is 29.5 Å². The molecular formula is C14H15F2NO2. The Morgan fingerprint density at radius 3 is 2.79 bits per heavy atom. The number of hydrogen-bond acceptors (Lipinski definition) is 3. The summed E-state index contributed by atoms with van der Waals surface area (Å²) in [5, 5.41) is 2.97. The van der Waals surface area contributed by atoms with Crippen molar-refractivity contribution in [1.29, 1.82) is 0 Å². The molecule has 0 saturated heterocycles. The Morgan fingerprint density at radius 2 is 2.05 bits per heavy atom. The number of ether oxygens (including phenoxy) is 1. The Bertz CT molecular complexity index is 567. The lowest BCUT2D eigenvalue weighted by Gasteiger charge is -2.06. The Balaban J connectivity index is 2.07. The van der Waals surface area contributed by atoms with Crippen LogP contribution in [0.15, 0.2) is 28.7 Å². The van der Waals surface area contributed by atoms with Crippen molar-refractivity contribution in [2.45, 2.75) is 20.1 Å². The van der Waals surface area contributed by atoms with Gasteiger partial charge in [-0.1, -0.05) is 0 Å². The van der Waals surface area contributed by atoms with Crippen LogP contribution in [-0.2, 0) is 13.2 Å². The van der Waals surface area contributed by atoms with Crippen LogP contribution in [-0.4, -0.2) is 7.05 Å². The van der Waals surface area contributed by atoms with E-state index in [1.807, 2.05) is 13.1 Å². The van der Waals surface area contributed by atoms with Gasteiger partial charge in [-0.2, -0.15) is 0 Å². The van der Waals surface area contributed by atoms with Crippen LogP contribution in [0.25, 0.3) is 0 Å². The normalized spacial score (nSPS) is 10.7. The maximum absolute atomic E-state index is 13.4. The van der Waals surface area contributed by atoms with Crippen LogP contribution in [0.5, 0.6) is 5.75 Å². The third-order valence-corrected chi connectivity index (χ3v) is 2.70. The molecule has 0 spiro atoms. The van der Waals surface area contributed by atoms with Gasteiger partial charge in [0.05, 0.1) is 6.54 Å². The number of aryl methyl sites for hydroxylation is 1. The average molecular weight is 267 g/mol. The molecule has 0 saturated carbocycles. The fourth-order valence-electron chi connectivity index (χ4n) is 1.74. The lowest BCUT2D eigenvalue weighted by Crippen LogP contribution is -2.03. The number of furan rings is 1. The van der Waals surface area contributed by atoms with Gasteiger partial charge in [0.1, 0.15) is 23.9 Å². The predicted molar refractivity (Wildman–Crippen MR) is 66.9 cm³/mol. The molecule has 1 aromatic heterocycles. The van der Waals surface area contributed by atoms with E-state index in [2.05, 4.69) is 5.32 Å². The second kappa shape index (κ2) is 5.84. The van der Waals surface area contributed by atoms with E-state index in [4.69, 9.17) is 9.15 Å². The van der Waals surface area contributed by atoms with Crippen molar-refractivity contribution in [1.82, 2.24) is 5.32 Å². The number of rotatable bonds is 5. The second-order valence-electron chi connectivity index (χ2n) is 4.19. The smallest absolute Gasteiger partial charge is 0.165 e. The standard InChI is InChI=1S/C14H15F2NO2/c1-9-10(5-12(19-9)7-17-2)8-18-14-6-11(15)3-4-13(14)16/h3-6,17H,7-8H2,1-2H3. The molecule has 0 amide bonds. The summed E-state index contributed by atoms with van der Waals surface area (Å²) in [4.78, 5) is 0. The second-order valence-corrected chi connectivity index (χ2v) is 4.19. The molecule has 0 atom stereocenters. The van der Waals surface area contributed by atoms with Crippen molar-refractivity contribution in [3.05, 3.63) is 53.0 Å². The zero-order chi connectivity index (χ0) is 13.8. The van der Waals surface area contributed by atoms with Gasteiger partial charge in [0, 0.05) is 11.6 Å². The molecule has 1 heterocycles. The summed E-state index contributed by atoms with van der Waals surface area (Å²) < 4.78 is 37.1. The summed E-state index contributed by atoms with van der Waals surface area (Å²) in [6.45, 7) is 2.55. The van der Waals surface area contributed by atoms with E-state index in [1.54, 1.807) is 6.92 Å². The summed E-state index contributed by atoms with van der Waals surface area (Å²) in [5.74, 6) is 0.269. The van der Waals surface area contributed by atoms with E-state index in [1.165, 1.54) is 0 Å². The zero-order valence-electron chi connectivity index (χ0n) is 10.8. The Kier molecular flexibility index (Phi) is 4.16. The Morgan fingerprint density at radius 1 is 1.26 bits per heavy atom. The summed E-state index contributed by atoms with van der Waals surface area (Å²) in [6.07, 6.45) is 0. The topological polar surface area (TPSA) is 34.4 Å². The molecule has 0 fully saturated rings. The summed E-state index contributed by atoms with van der Waals surface area (Å²) in [7, 11) is 1.82. The Labute approximate surface area is 110 Å². The molecular weight excluding hydrogens is 252 g/mol. The van der Waals surface area contributed by atoms with Crippen LogP contribution in [0.4, 0.5) is 8.78 Å². The van der Waals surface area contributed by atoms with Gasteiger partial charge in [0.15, 0.2) is 11.6 Å². The van der Waals surface area contributed by atoms with E-state index in [-0.39, 0.29) is 12.4 Å². The zero-order valence-corrected chi connectivity index (χ0v) is 10.8. The first-order valence-corrected chi connectivity index (χ1v) is 5.91. The molecule has 2 aromatic rings. The summed E-state index contributed by atoms with van der Waals surface area (Å²) in [6, 6.07) is 4.96. The number of halogens is 2. The molecule has 0 aliphatic carbocycles. The minimum absolute atomic E-state index is 0.101. The highest BCUT2D eigenvalue weighted by molar-refractivity contribution is 5.26. The minimum atomic E-state index is -0.585. The van der Waals surface area contributed by atoms with Crippen molar-refractivity contribution in [3.8, 4) is 5.75 Å². The molecule has 0 radical (unpaired) electrons. The van der Waals surface area contributed by atoms with E-state index < -0.39 is 11.6 Å². The molecule has 5 heteroatoms. The van der Waals surface area contributed by atoms with Gasteiger partial charge < -0.3 is 14.5 Å². The van der Waals surface area contributed by atoms with Crippen molar-refractivity contribution in [2.24, 2.45) is 0 Å². The molecule has 102 valence electrons. The minimum Gasteiger partial charge on any atom is -0.486 e. The maximum Gasteiger partial charge on any atom is 0.165 e. The van der Waals surface area contributed by atoms with Crippen LogP contribution in [0.2, 0.25) is 0 Å². The van der Waals surface area contributed by atoms with E-state index in [0.29, 0.717) is 12.3 Å². The highest BCUT2D eigenvalue weighted by Gasteiger charge is 2.10. The number of nitrogens with one attached hydrogen (secondary N) is 1. The lowest BCUT2D eigenvalue weighted by molar-refractivity contribution is 0.286. The van der Waals surface area contributed by atoms with Gasteiger partial charge in [0.2, 0.25) is 0 Å². The van der Waals surface area contributed by atoms with Gasteiger partial charge in [-0.15, -0.1) is 0 Å². The van der Waals surface area contributed by atoms with Gasteiger partial charge in [-0.3, -0.25) is 0 Å². The lowest BCUT2D eigenvalue weighted by atomic mass is 10.2. The van der Waals surface area contributed by atoms with Crippen LogP contribution >= 0.6 is 0 Å². The van der Waals surface area contributed by atoms with Crippen molar-refractivity contribution in [2.75, 3.05) is 7.05 Å². The highest BCUT2D eigenvalue weighted by Crippen LogP contribution is 2.21. The van der Waals surface area contributed by atoms with Crippen molar-refractivity contribution in [3.63, 3.8) is 0 Å². The van der Waals surface area contributed by atoms with Gasteiger partial charge in [-0.05, 0) is 32.2 Å². The van der Waals surface area contributed by atoms with Gasteiger partial charge >= 0.3 is 0 Å².